The van der Waals surface area contributed by atoms with Crippen molar-refractivity contribution in [1.29, 1.82) is 0 Å². The lowest BCUT2D eigenvalue weighted by Crippen LogP contribution is -2.45. The first-order chi connectivity index (χ1) is 11.2. The van der Waals surface area contributed by atoms with Crippen LogP contribution in [0.2, 0.25) is 0 Å². The van der Waals surface area contributed by atoms with Crippen molar-refractivity contribution in [2.75, 3.05) is 59.7 Å². The van der Waals surface area contributed by atoms with Gasteiger partial charge in [0, 0.05) is 59.1 Å². The zero-order chi connectivity index (χ0) is 16.7. The maximum Gasteiger partial charge on any atom is 0.248 e. The number of ether oxygens (including phenoxy) is 2. The van der Waals surface area contributed by atoms with Gasteiger partial charge in [0.05, 0.1) is 5.92 Å². The Bertz CT molecular complexity index is 399. The Morgan fingerprint density at radius 1 is 1.22 bits per heavy atom. The van der Waals surface area contributed by atoms with Crippen LogP contribution < -0.4 is 5.32 Å². The smallest absolute Gasteiger partial charge is 0.248 e. The molecule has 2 amide bonds. The van der Waals surface area contributed by atoms with E-state index in [1.54, 1.807) is 11.9 Å². The molecular weight excluding hydrogens is 298 g/mol. The van der Waals surface area contributed by atoms with E-state index in [9.17, 15) is 9.59 Å². The Morgan fingerprint density at radius 3 is 2.61 bits per heavy atom. The first-order valence-corrected chi connectivity index (χ1v) is 8.54. The van der Waals surface area contributed by atoms with Gasteiger partial charge in [0.15, 0.2) is 0 Å². The monoisotopic (exact) mass is 327 g/mol. The fourth-order valence-electron chi connectivity index (χ4n) is 3.30. The van der Waals surface area contributed by atoms with E-state index in [-0.39, 0.29) is 24.3 Å². The SMILES string of the molecule is CCOCC(=O)N1CCN(C2CCOCC2)C[C@@H](C(=O)NC)C1. The molecule has 0 spiro atoms. The van der Waals surface area contributed by atoms with Gasteiger partial charge < -0.3 is 19.7 Å². The highest BCUT2D eigenvalue weighted by Crippen LogP contribution is 2.19. The largest absolute Gasteiger partial charge is 0.381 e. The van der Waals surface area contributed by atoms with E-state index in [2.05, 4.69) is 10.2 Å². The van der Waals surface area contributed by atoms with E-state index in [0.717, 1.165) is 32.6 Å². The molecule has 0 radical (unpaired) electrons. The summed E-state index contributed by atoms with van der Waals surface area (Å²) >= 11 is 0. The number of carbonyl (C=O) groups is 2. The molecule has 0 bridgehead atoms. The van der Waals surface area contributed by atoms with Gasteiger partial charge in [0.25, 0.3) is 0 Å². The summed E-state index contributed by atoms with van der Waals surface area (Å²) in [5.74, 6) is -0.233. The maximum atomic E-state index is 12.3. The predicted octanol–water partition coefficient (Wildman–Crippen LogP) is -0.292. The molecular formula is C16H29N3O4. The molecule has 7 nitrogen and oxygen atoms in total. The molecule has 2 aliphatic rings. The van der Waals surface area contributed by atoms with Crippen LogP contribution in [0, 0.1) is 5.92 Å². The van der Waals surface area contributed by atoms with E-state index in [4.69, 9.17) is 9.47 Å². The van der Waals surface area contributed by atoms with Gasteiger partial charge in [0.2, 0.25) is 11.8 Å². The van der Waals surface area contributed by atoms with E-state index < -0.39 is 0 Å². The minimum Gasteiger partial charge on any atom is -0.381 e. The summed E-state index contributed by atoms with van der Waals surface area (Å²) in [6, 6.07) is 0.442. The zero-order valence-electron chi connectivity index (χ0n) is 14.3. The first kappa shape index (κ1) is 18.2. The zero-order valence-corrected chi connectivity index (χ0v) is 14.3. The molecule has 2 saturated heterocycles. The molecule has 23 heavy (non-hydrogen) atoms. The van der Waals surface area contributed by atoms with Crippen LogP contribution in [0.15, 0.2) is 0 Å². The molecule has 0 unspecified atom stereocenters. The highest BCUT2D eigenvalue weighted by molar-refractivity contribution is 5.81. The van der Waals surface area contributed by atoms with Gasteiger partial charge in [-0.2, -0.15) is 0 Å². The Balaban J connectivity index is 2.03. The molecule has 0 aliphatic carbocycles. The molecule has 1 atom stereocenters. The molecule has 2 rings (SSSR count). The third-order valence-corrected chi connectivity index (χ3v) is 4.66. The third kappa shape index (κ3) is 5.16. The highest BCUT2D eigenvalue weighted by atomic mass is 16.5. The second-order valence-corrected chi connectivity index (χ2v) is 6.13. The molecule has 2 fully saturated rings. The van der Waals surface area contributed by atoms with Crippen LogP contribution in [0.3, 0.4) is 0 Å². The van der Waals surface area contributed by atoms with Crippen molar-refractivity contribution in [2.45, 2.75) is 25.8 Å². The number of hydrogen-bond donors (Lipinski definition) is 1. The van der Waals surface area contributed by atoms with Gasteiger partial charge in [-0.15, -0.1) is 0 Å². The standard InChI is InChI=1S/C16H29N3O4/c1-3-22-12-15(20)19-7-6-18(14-4-8-23-9-5-14)10-13(11-19)16(21)17-2/h13-14H,3-12H2,1-2H3,(H,17,21)/t13-/m1/s1. The Kier molecular flexibility index (Phi) is 7.26. The predicted molar refractivity (Wildman–Crippen MR) is 86.0 cm³/mol. The summed E-state index contributed by atoms with van der Waals surface area (Å²) in [7, 11) is 1.65. The lowest BCUT2D eigenvalue weighted by Gasteiger charge is -2.34. The second-order valence-electron chi connectivity index (χ2n) is 6.13. The van der Waals surface area contributed by atoms with E-state index in [1.165, 1.54) is 0 Å². The normalized spacial score (nSPS) is 24.3. The summed E-state index contributed by atoms with van der Waals surface area (Å²) in [4.78, 5) is 28.6. The molecule has 7 heteroatoms. The van der Waals surface area contributed by atoms with E-state index >= 15 is 0 Å². The van der Waals surface area contributed by atoms with Crippen LogP contribution >= 0.6 is 0 Å². The van der Waals surface area contributed by atoms with Crippen LogP contribution in [0.4, 0.5) is 0 Å². The molecule has 0 aromatic carbocycles. The van der Waals surface area contributed by atoms with Gasteiger partial charge in [-0.25, -0.2) is 0 Å². The quantitative estimate of drug-likeness (QED) is 0.751. The molecule has 0 aromatic rings. The lowest BCUT2D eigenvalue weighted by atomic mass is 10.0. The third-order valence-electron chi connectivity index (χ3n) is 4.66. The topological polar surface area (TPSA) is 71.1 Å². The summed E-state index contributed by atoms with van der Waals surface area (Å²) in [6.45, 7) is 6.65. The minimum absolute atomic E-state index is 0.00170. The average molecular weight is 327 g/mol. The fraction of sp³-hybridized carbons (Fsp3) is 0.875. The second kappa shape index (κ2) is 9.20. The van der Waals surface area contributed by atoms with Crippen LogP contribution in [-0.2, 0) is 19.1 Å². The average Bonchev–Trinajstić information content (AvgIpc) is 2.83. The van der Waals surface area contributed by atoms with Crippen molar-refractivity contribution in [3.63, 3.8) is 0 Å². The number of amides is 2. The lowest BCUT2D eigenvalue weighted by molar-refractivity contribution is -0.137. The van der Waals surface area contributed by atoms with Crippen molar-refractivity contribution in [3.05, 3.63) is 0 Å². The molecule has 2 aliphatic heterocycles. The van der Waals surface area contributed by atoms with Crippen LogP contribution in [0.25, 0.3) is 0 Å². The van der Waals surface area contributed by atoms with Crippen LogP contribution in [-0.4, -0.2) is 87.3 Å². The van der Waals surface area contributed by atoms with E-state index in [1.807, 2.05) is 6.92 Å². The van der Waals surface area contributed by atoms with Gasteiger partial charge in [-0.05, 0) is 19.8 Å². The van der Waals surface area contributed by atoms with Gasteiger partial charge in [0.1, 0.15) is 6.61 Å². The van der Waals surface area contributed by atoms with Crippen molar-refractivity contribution >= 4 is 11.8 Å². The number of nitrogens with one attached hydrogen (secondary N) is 1. The highest BCUT2D eigenvalue weighted by Gasteiger charge is 2.32. The Morgan fingerprint density at radius 2 is 1.96 bits per heavy atom. The van der Waals surface area contributed by atoms with Crippen molar-refractivity contribution in [3.8, 4) is 0 Å². The summed E-state index contributed by atoms with van der Waals surface area (Å²) in [5.41, 5.74) is 0. The van der Waals surface area contributed by atoms with E-state index in [0.29, 0.717) is 32.3 Å². The Labute approximate surface area is 138 Å². The summed E-state index contributed by atoms with van der Waals surface area (Å²) in [5, 5.41) is 2.73. The maximum absolute atomic E-state index is 12.3. The number of nitrogens with zero attached hydrogens (tertiary/aromatic N) is 2. The van der Waals surface area contributed by atoms with Crippen molar-refractivity contribution in [2.24, 2.45) is 5.92 Å². The number of rotatable bonds is 5. The number of hydrogen-bond acceptors (Lipinski definition) is 5. The summed E-state index contributed by atoms with van der Waals surface area (Å²) in [6.07, 6.45) is 1.99. The molecule has 0 saturated carbocycles. The van der Waals surface area contributed by atoms with Gasteiger partial charge in [-0.3, -0.25) is 14.5 Å². The fourth-order valence-corrected chi connectivity index (χ4v) is 3.30. The van der Waals surface area contributed by atoms with Gasteiger partial charge >= 0.3 is 0 Å². The van der Waals surface area contributed by atoms with Crippen molar-refractivity contribution < 1.29 is 19.1 Å². The van der Waals surface area contributed by atoms with Crippen molar-refractivity contribution in [1.82, 2.24) is 15.1 Å². The number of carbonyl (C=O) groups excluding carboxylic acids is 2. The Hall–Kier alpha value is -1.18. The molecule has 1 N–H and O–H groups in total. The van der Waals surface area contributed by atoms with Crippen LogP contribution in [0.5, 0.6) is 0 Å². The molecule has 2 heterocycles. The molecule has 132 valence electrons. The van der Waals surface area contributed by atoms with Gasteiger partial charge in [-0.1, -0.05) is 0 Å². The summed E-state index contributed by atoms with van der Waals surface area (Å²) < 4.78 is 10.7. The minimum atomic E-state index is -0.198. The molecule has 0 aromatic heterocycles. The first-order valence-electron chi connectivity index (χ1n) is 8.54. The van der Waals surface area contributed by atoms with Crippen LogP contribution in [0.1, 0.15) is 19.8 Å².